The lowest BCUT2D eigenvalue weighted by Gasteiger charge is -2.11. The first-order chi connectivity index (χ1) is 6.63. The van der Waals surface area contributed by atoms with Gasteiger partial charge in [0.05, 0.1) is 12.7 Å². The van der Waals surface area contributed by atoms with Crippen LogP contribution in [0.25, 0.3) is 0 Å². The summed E-state index contributed by atoms with van der Waals surface area (Å²) in [6.07, 6.45) is -0.796. The van der Waals surface area contributed by atoms with Crippen molar-refractivity contribution in [2.75, 3.05) is 18.5 Å². The van der Waals surface area contributed by atoms with Gasteiger partial charge in [0, 0.05) is 15.8 Å². The fraction of sp³-hybridized carbons (Fsp3) is 0.333. The molecule has 1 rings (SSSR count). The van der Waals surface area contributed by atoms with Crippen molar-refractivity contribution in [3.63, 3.8) is 0 Å². The lowest BCUT2D eigenvalue weighted by Crippen LogP contribution is -2.23. The summed E-state index contributed by atoms with van der Waals surface area (Å²) in [5, 5.41) is 20.6. The number of halogens is 2. The number of nitrogens with one attached hydrogen (secondary N) is 1. The summed E-state index contributed by atoms with van der Waals surface area (Å²) in [6.45, 7) is -0.0388. The molecule has 1 unspecified atom stereocenters. The lowest BCUT2D eigenvalue weighted by atomic mass is 10.3. The third-order valence-corrected chi connectivity index (χ3v) is 2.56. The predicted molar refractivity (Wildman–Crippen MR) is 60.7 cm³/mol. The van der Waals surface area contributed by atoms with Crippen LogP contribution in [0.4, 0.5) is 10.1 Å². The summed E-state index contributed by atoms with van der Waals surface area (Å²) in [7, 11) is 0. The second-order valence-corrected chi connectivity index (χ2v) is 4.00. The van der Waals surface area contributed by atoms with Crippen LogP contribution in [0.2, 0.25) is 0 Å². The first kappa shape index (κ1) is 11.7. The zero-order valence-corrected chi connectivity index (χ0v) is 9.53. The van der Waals surface area contributed by atoms with E-state index < -0.39 is 6.10 Å². The van der Waals surface area contributed by atoms with Crippen molar-refractivity contribution < 1.29 is 14.6 Å². The average Bonchev–Trinajstić information content (AvgIpc) is 2.16. The van der Waals surface area contributed by atoms with Crippen LogP contribution in [-0.4, -0.2) is 29.5 Å². The van der Waals surface area contributed by atoms with Gasteiger partial charge in [0.1, 0.15) is 5.82 Å². The van der Waals surface area contributed by atoms with Gasteiger partial charge in [-0.1, -0.05) is 0 Å². The van der Waals surface area contributed by atoms with Gasteiger partial charge < -0.3 is 15.5 Å². The van der Waals surface area contributed by atoms with Crippen molar-refractivity contribution in [3.8, 4) is 0 Å². The summed E-state index contributed by atoms with van der Waals surface area (Å²) in [5.41, 5.74) is 0.750. The smallest absolute Gasteiger partial charge is 0.124 e. The number of aliphatic hydroxyl groups excluding tert-OH is 2. The van der Waals surface area contributed by atoms with Gasteiger partial charge in [-0.25, -0.2) is 4.39 Å². The monoisotopic (exact) mass is 311 g/mol. The molecule has 0 radical (unpaired) electrons. The minimum absolute atomic E-state index is 0.248. The van der Waals surface area contributed by atoms with Gasteiger partial charge >= 0.3 is 0 Å². The normalized spacial score (nSPS) is 12.6. The second-order valence-electron chi connectivity index (χ2n) is 2.84. The van der Waals surface area contributed by atoms with Crippen LogP contribution in [0.1, 0.15) is 0 Å². The van der Waals surface area contributed by atoms with Gasteiger partial charge in [-0.05, 0) is 40.8 Å². The minimum atomic E-state index is -0.796. The molecule has 1 atom stereocenters. The first-order valence-corrected chi connectivity index (χ1v) is 5.19. The largest absolute Gasteiger partial charge is 0.394 e. The van der Waals surface area contributed by atoms with Crippen LogP contribution in [-0.2, 0) is 0 Å². The molecular formula is C9H11FINO2. The Kier molecular flexibility index (Phi) is 4.56. The summed E-state index contributed by atoms with van der Waals surface area (Å²) >= 11 is 2.00. The van der Waals surface area contributed by atoms with Crippen molar-refractivity contribution in [1.29, 1.82) is 0 Å². The highest BCUT2D eigenvalue weighted by atomic mass is 127. The third-order valence-electron chi connectivity index (χ3n) is 1.67. The molecule has 3 N–H and O–H groups in total. The van der Waals surface area contributed by atoms with Crippen molar-refractivity contribution >= 4 is 28.3 Å². The highest BCUT2D eigenvalue weighted by Crippen LogP contribution is 2.18. The molecule has 78 valence electrons. The van der Waals surface area contributed by atoms with Crippen LogP contribution >= 0.6 is 22.6 Å². The molecule has 0 aliphatic carbocycles. The summed E-state index contributed by atoms with van der Waals surface area (Å²) in [6, 6.07) is 4.34. The van der Waals surface area contributed by atoms with Gasteiger partial charge in [0.25, 0.3) is 0 Å². The predicted octanol–water partition coefficient (Wildman–Crippen LogP) is 1.20. The molecule has 5 heteroatoms. The van der Waals surface area contributed by atoms with E-state index in [1.165, 1.54) is 12.1 Å². The summed E-state index contributed by atoms with van der Waals surface area (Å²) in [4.78, 5) is 0. The van der Waals surface area contributed by atoms with E-state index in [1.807, 2.05) is 22.6 Å². The Morgan fingerprint density at radius 3 is 2.79 bits per heavy atom. The Bertz CT molecular complexity index is 309. The number of benzene rings is 1. The van der Waals surface area contributed by atoms with E-state index in [0.717, 1.165) is 9.26 Å². The molecule has 0 fully saturated rings. The van der Waals surface area contributed by atoms with Crippen molar-refractivity contribution in [3.05, 3.63) is 27.6 Å². The molecule has 1 aromatic rings. The van der Waals surface area contributed by atoms with Gasteiger partial charge in [-0.2, -0.15) is 0 Å². The molecule has 0 heterocycles. The quantitative estimate of drug-likeness (QED) is 0.732. The van der Waals surface area contributed by atoms with E-state index in [-0.39, 0.29) is 19.0 Å². The SMILES string of the molecule is OCC(O)CNc1ccc(F)cc1I. The van der Waals surface area contributed by atoms with Crippen molar-refractivity contribution in [1.82, 2.24) is 0 Å². The standard InChI is InChI=1S/C9H11FINO2/c10-6-1-2-9(8(11)3-6)12-4-7(14)5-13/h1-3,7,12-14H,4-5H2. The number of anilines is 1. The van der Waals surface area contributed by atoms with Crippen LogP contribution in [0, 0.1) is 9.39 Å². The third kappa shape index (κ3) is 3.39. The Labute approximate surface area is 95.1 Å². The molecule has 0 spiro atoms. The maximum atomic E-state index is 12.7. The molecule has 0 aliphatic rings. The molecule has 0 aliphatic heterocycles. The van der Waals surface area contributed by atoms with Crippen LogP contribution in [0.5, 0.6) is 0 Å². The van der Waals surface area contributed by atoms with Gasteiger partial charge in [0.2, 0.25) is 0 Å². The second kappa shape index (κ2) is 5.47. The average molecular weight is 311 g/mol. The topological polar surface area (TPSA) is 52.5 Å². The highest BCUT2D eigenvalue weighted by Gasteiger charge is 2.04. The highest BCUT2D eigenvalue weighted by molar-refractivity contribution is 14.1. The number of hydrogen-bond donors (Lipinski definition) is 3. The molecule has 0 bridgehead atoms. The number of rotatable bonds is 4. The Hall–Kier alpha value is -0.400. The van der Waals surface area contributed by atoms with E-state index >= 15 is 0 Å². The molecular weight excluding hydrogens is 300 g/mol. The zero-order chi connectivity index (χ0) is 10.6. The van der Waals surface area contributed by atoms with Gasteiger partial charge in [-0.15, -0.1) is 0 Å². The zero-order valence-electron chi connectivity index (χ0n) is 7.37. The Morgan fingerprint density at radius 1 is 1.50 bits per heavy atom. The summed E-state index contributed by atoms with van der Waals surface area (Å²) < 4.78 is 13.4. The Morgan fingerprint density at radius 2 is 2.21 bits per heavy atom. The van der Waals surface area contributed by atoms with Crippen LogP contribution in [0.3, 0.4) is 0 Å². The molecule has 0 saturated carbocycles. The maximum absolute atomic E-state index is 12.7. The van der Waals surface area contributed by atoms with E-state index in [9.17, 15) is 4.39 Å². The van der Waals surface area contributed by atoms with Crippen LogP contribution in [0.15, 0.2) is 18.2 Å². The van der Waals surface area contributed by atoms with Gasteiger partial charge in [-0.3, -0.25) is 0 Å². The van der Waals surface area contributed by atoms with Gasteiger partial charge in [0.15, 0.2) is 0 Å². The number of hydrogen-bond acceptors (Lipinski definition) is 3. The fourth-order valence-electron chi connectivity index (χ4n) is 0.925. The lowest BCUT2D eigenvalue weighted by molar-refractivity contribution is 0.105. The van der Waals surface area contributed by atoms with E-state index in [2.05, 4.69) is 5.32 Å². The van der Waals surface area contributed by atoms with Crippen molar-refractivity contribution in [2.45, 2.75) is 6.10 Å². The summed E-state index contributed by atoms with van der Waals surface area (Å²) in [5.74, 6) is -0.289. The number of aliphatic hydroxyl groups is 2. The minimum Gasteiger partial charge on any atom is -0.394 e. The van der Waals surface area contributed by atoms with E-state index in [4.69, 9.17) is 10.2 Å². The van der Waals surface area contributed by atoms with Crippen molar-refractivity contribution in [2.24, 2.45) is 0 Å². The molecule has 1 aromatic carbocycles. The molecule has 0 saturated heterocycles. The Balaban J connectivity index is 2.59. The molecule has 14 heavy (non-hydrogen) atoms. The van der Waals surface area contributed by atoms with Crippen LogP contribution < -0.4 is 5.32 Å². The fourth-order valence-corrected chi connectivity index (χ4v) is 1.59. The van der Waals surface area contributed by atoms with E-state index in [1.54, 1.807) is 6.07 Å². The molecule has 0 aromatic heterocycles. The maximum Gasteiger partial charge on any atom is 0.124 e. The molecule has 0 amide bonds. The first-order valence-electron chi connectivity index (χ1n) is 4.11. The molecule has 3 nitrogen and oxygen atoms in total. The van der Waals surface area contributed by atoms with E-state index in [0.29, 0.717) is 0 Å².